The standard InChI is InChI=1S/C26H23F3N6O2/c27-26(28,29)22-8-7-19(16-31-22)32-25(37)20-5-1-2-6-21(20)33-12-14-34(15-13-33)23(36)17-35-11-9-18-4-3-10-30-24(18)35/h1-11,16H,12-15,17H2,(H,32,37). The van der Waals surface area contributed by atoms with E-state index in [1.54, 1.807) is 23.2 Å². The smallest absolute Gasteiger partial charge is 0.367 e. The number of carbonyl (C=O) groups excluding carboxylic acids is 2. The predicted octanol–water partition coefficient (Wildman–Crippen LogP) is 4.05. The normalized spacial score (nSPS) is 14.1. The van der Waals surface area contributed by atoms with Crippen LogP contribution in [0, 0.1) is 0 Å². The van der Waals surface area contributed by atoms with Gasteiger partial charge in [-0.3, -0.25) is 9.59 Å². The largest absolute Gasteiger partial charge is 0.433 e. The number of anilines is 2. The number of amides is 2. The number of benzene rings is 1. The summed E-state index contributed by atoms with van der Waals surface area (Å²) in [5.41, 5.74) is 0.965. The SMILES string of the molecule is O=C(Nc1ccc(C(F)(F)F)nc1)c1ccccc1N1CCN(C(=O)Cn2ccc3cccnc32)CC1. The van der Waals surface area contributed by atoms with Crippen molar-refractivity contribution >= 4 is 34.2 Å². The van der Waals surface area contributed by atoms with Crippen molar-refractivity contribution in [2.24, 2.45) is 0 Å². The van der Waals surface area contributed by atoms with E-state index in [4.69, 9.17) is 0 Å². The number of carbonyl (C=O) groups is 2. The molecule has 190 valence electrons. The molecule has 5 rings (SSSR count). The molecule has 1 aliphatic heterocycles. The van der Waals surface area contributed by atoms with Crippen molar-refractivity contribution in [1.29, 1.82) is 0 Å². The Hall–Kier alpha value is -4.41. The first-order valence-corrected chi connectivity index (χ1v) is 11.7. The van der Waals surface area contributed by atoms with E-state index in [1.807, 2.05) is 46.0 Å². The lowest BCUT2D eigenvalue weighted by Crippen LogP contribution is -2.50. The second-order valence-electron chi connectivity index (χ2n) is 8.63. The lowest BCUT2D eigenvalue weighted by atomic mass is 10.1. The van der Waals surface area contributed by atoms with Gasteiger partial charge in [-0.25, -0.2) is 9.97 Å². The number of alkyl halides is 3. The molecule has 0 unspecified atom stereocenters. The molecule has 8 nitrogen and oxygen atoms in total. The molecule has 1 aliphatic rings. The van der Waals surface area contributed by atoms with Gasteiger partial charge >= 0.3 is 6.18 Å². The molecular formula is C26H23F3N6O2. The van der Waals surface area contributed by atoms with Gasteiger partial charge in [-0.05, 0) is 42.5 Å². The van der Waals surface area contributed by atoms with Crippen LogP contribution < -0.4 is 10.2 Å². The topological polar surface area (TPSA) is 83.4 Å². The van der Waals surface area contributed by atoms with Gasteiger partial charge in [0.15, 0.2) is 0 Å². The Kier molecular flexibility index (Phi) is 6.51. The second-order valence-corrected chi connectivity index (χ2v) is 8.63. The van der Waals surface area contributed by atoms with E-state index in [0.29, 0.717) is 37.4 Å². The van der Waals surface area contributed by atoms with Gasteiger partial charge in [0.25, 0.3) is 5.91 Å². The van der Waals surface area contributed by atoms with E-state index in [0.717, 1.165) is 23.3 Å². The number of nitrogens with zero attached hydrogens (tertiary/aromatic N) is 5. The van der Waals surface area contributed by atoms with Crippen LogP contribution in [0.25, 0.3) is 11.0 Å². The Bertz CT molecular complexity index is 1430. The zero-order valence-electron chi connectivity index (χ0n) is 19.7. The number of halogens is 3. The second kappa shape index (κ2) is 9.92. The highest BCUT2D eigenvalue weighted by Gasteiger charge is 2.32. The molecule has 0 bridgehead atoms. The van der Waals surface area contributed by atoms with Gasteiger partial charge in [-0.1, -0.05) is 12.1 Å². The first-order chi connectivity index (χ1) is 17.8. The summed E-state index contributed by atoms with van der Waals surface area (Å²) < 4.78 is 40.1. The van der Waals surface area contributed by atoms with E-state index in [-0.39, 0.29) is 18.1 Å². The van der Waals surface area contributed by atoms with Crippen molar-refractivity contribution < 1.29 is 22.8 Å². The first-order valence-electron chi connectivity index (χ1n) is 11.7. The number of para-hydroxylation sites is 1. The molecule has 0 spiro atoms. The molecule has 2 amide bonds. The van der Waals surface area contributed by atoms with Gasteiger partial charge in [-0.2, -0.15) is 13.2 Å². The number of nitrogens with one attached hydrogen (secondary N) is 1. The summed E-state index contributed by atoms with van der Waals surface area (Å²) >= 11 is 0. The molecule has 4 aromatic rings. The monoisotopic (exact) mass is 508 g/mol. The Morgan fingerprint density at radius 2 is 1.70 bits per heavy atom. The third-order valence-electron chi connectivity index (χ3n) is 6.26. The molecule has 11 heteroatoms. The molecule has 0 aliphatic carbocycles. The van der Waals surface area contributed by atoms with Gasteiger partial charge in [0, 0.05) is 49.6 Å². The van der Waals surface area contributed by atoms with Crippen LogP contribution in [-0.4, -0.2) is 57.4 Å². The molecule has 1 aromatic carbocycles. The summed E-state index contributed by atoms with van der Waals surface area (Å²) in [5, 5.41) is 3.59. The fourth-order valence-electron chi connectivity index (χ4n) is 4.37. The third-order valence-corrected chi connectivity index (χ3v) is 6.26. The van der Waals surface area contributed by atoms with Crippen LogP contribution in [-0.2, 0) is 17.5 Å². The van der Waals surface area contributed by atoms with Crippen molar-refractivity contribution in [2.75, 3.05) is 36.4 Å². The first kappa shape index (κ1) is 24.3. The minimum atomic E-state index is -4.55. The van der Waals surface area contributed by atoms with E-state index in [2.05, 4.69) is 15.3 Å². The zero-order chi connectivity index (χ0) is 26.0. The highest BCUT2D eigenvalue weighted by molar-refractivity contribution is 6.08. The van der Waals surface area contributed by atoms with Crippen LogP contribution in [0.4, 0.5) is 24.5 Å². The fourth-order valence-corrected chi connectivity index (χ4v) is 4.37. The minimum Gasteiger partial charge on any atom is -0.367 e. The van der Waals surface area contributed by atoms with Crippen LogP contribution in [0.1, 0.15) is 16.1 Å². The number of rotatable bonds is 5. The molecule has 0 radical (unpaired) electrons. The minimum absolute atomic E-state index is 0.0105. The lowest BCUT2D eigenvalue weighted by Gasteiger charge is -2.37. The number of fused-ring (bicyclic) bond motifs is 1. The predicted molar refractivity (Wildman–Crippen MR) is 132 cm³/mol. The average molecular weight is 509 g/mol. The summed E-state index contributed by atoms with van der Waals surface area (Å²) in [7, 11) is 0. The number of hydrogen-bond donors (Lipinski definition) is 1. The zero-order valence-corrected chi connectivity index (χ0v) is 19.7. The van der Waals surface area contributed by atoms with Crippen molar-refractivity contribution in [3.8, 4) is 0 Å². The molecule has 1 fully saturated rings. The summed E-state index contributed by atoms with van der Waals surface area (Å²) in [6.07, 6.45) is -0.0149. The van der Waals surface area contributed by atoms with Crippen molar-refractivity contribution in [3.05, 3.63) is 84.4 Å². The molecule has 0 saturated carbocycles. The van der Waals surface area contributed by atoms with Gasteiger partial charge < -0.3 is 19.7 Å². The van der Waals surface area contributed by atoms with Crippen molar-refractivity contribution in [1.82, 2.24) is 19.4 Å². The van der Waals surface area contributed by atoms with E-state index in [1.165, 1.54) is 6.07 Å². The number of piperazine rings is 1. The van der Waals surface area contributed by atoms with Crippen LogP contribution in [0.2, 0.25) is 0 Å². The summed E-state index contributed by atoms with van der Waals surface area (Å²) in [4.78, 5) is 37.4. The quantitative estimate of drug-likeness (QED) is 0.440. The highest BCUT2D eigenvalue weighted by atomic mass is 19.4. The average Bonchev–Trinajstić information content (AvgIpc) is 3.31. The van der Waals surface area contributed by atoms with Crippen molar-refractivity contribution in [3.63, 3.8) is 0 Å². The molecule has 0 atom stereocenters. The molecule has 1 saturated heterocycles. The van der Waals surface area contributed by atoms with Crippen LogP contribution in [0.15, 0.2) is 73.2 Å². The van der Waals surface area contributed by atoms with Crippen molar-refractivity contribution in [2.45, 2.75) is 12.7 Å². The lowest BCUT2D eigenvalue weighted by molar-refractivity contribution is -0.141. The van der Waals surface area contributed by atoms with E-state index < -0.39 is 17.8 Å². The van der Waals surface area contributed by atoms with E-state index in [9.17, 15) is 22.8 Å². The Morgan fingerprint density at radius 3 is 2.43 bits per heavy atom. The molecular weight excluding hydrogens is 485 g/mol. The van der Waals surface area contributed by atoms with Crippen LogP contribution in [0.5, 0.6) is 0 Å². The maximum atomic E-state index is 13.0. The Labute approximate surface area is 210 Å². The van der Waals surface area contributed by atoms with Gasteiger partial charge in [0.2, 0.25) is 5.91 Å². The molecule has 37 heavy (non-hydrogen) atoms. The van der Waals surface area contributed by atoms with Crippen LogP contribution in [0.3, 0.4) is 0 Å². The highest BCUT2D eigenvalue weighted by Crippen LogP contribution is 2.28. The van der Waals surface area contributed by atoms with Gasteiger partial charge in [0.05, 0.1) is 17.4 Å². The molecule has 3 aromatic heterocycles. The fraction of sp³-hybridized carbons (Fsp3) is 0.231. The maximum absolute atomic E-state index is 13.0. The number of hydrogen-bond acceptors (Lipinski definition) is 5. The van der Waals surface area contributed by atoms with Gasteiger partial charge in [-0.15, -0.1) is 0 Å². The number of pyridine rings is 2. The van der Waals surface area contributed by atoms with Gasteiger partial charge in [0.1, 0.15) is 17.9 Å². The molecule has 4 heterocycles. The molecule has 1 N–H and O–H groups in total. The third kappa shape index (κ3) is 5.25. The summed E-state index contributed by atoms with van der Waals surface area (Å²) in [6, 6.07) is 14.7. The Morgan fingerprint density at radius 1 is 0.919 bits per heavy atom. The van der Waals surface area contributed by atoms with Crippen LogP contribution >= 0.6 is 0 Å². The summed E-state index contributed by atoms with van der Waals surface area (Å²) in [6.45, 7) is 2.24. The maximum Gasteiger partial charge on any atom is 0.433 e. The van der Waals surface area contributed by atoms with E-state index >= 15 is 0 Å². The Balaban J connectivity index is 1.22. The summed E-state index contributed by atoms with van der Waals surface area (Å²) in [5.74, 6) is -0.466. The number of aromatic nitrogens is 3.